The summed E-state index contributed by atoms with van der Waals surface area (Å²) in [5, 5.41) is 3.18. The third kappa shape index (κ3) is 3.78. The Bertz CT molecular complexity index is 572. The van der Waals surface area contributed by atoms with Crippen LogP contribution in [0.25, 0.3) is 0 Å². The van der Waals surface area contributed by atoms with Gasteiger partial charge in [0, 0.05) is 17.8 Å². The van der Waals surface area contributed by atoms with Crippen molar-refractivity contribution in [2.75, 3.05) is 6.54 Å². The van der Waals surface area contributed by atoms with Crippen molar-refractivity contribution in [3.63, 3.8) is 0 Å². The topological polar surface area (TPSA) is 34.1 Å². The van der Waals surface area contributed by atoms with E-state index in [-0.39, 0.29) is 12.4 Å². The molecule has 20 heavy (non-hydrogen) atoms. The van der Waals surface area contributed by atoms with E-state index in [1.165, 1.54) is 6.07 Å². The normalized spacial score (nSPS) is 10.6. The van der Waals surface area contributed by atoms with Crippen molar-refractivity contribution >= 4 is 0 Å². The van der Waals surface area contributed by atoms with Crippen LogP contribution in [-0.4, -0.2) is 11.5 Å². The fraction of sp³-hybridized carbons (Fsp3) is 0.312. The molecule has 0 saturated carbocycles. The van der Waals surface area contributed by atoms with Crippen LogP contribution >= 0.6 is 0 Å². The van der Waals surface area contributed by atoms with E-state index in [4.69, 9.17) is 4.74 Å². The summed E-state index contributed by atoms with van der Waals surface area (Å²) in [6, 6.07) is 10.7. The molecule has 2 aromatic rings. The minimum Gasteiger partial charge on any atom is -0.484 e. The van der Waals surface area contributed by atoms with Gasteiger partial charge in [-0.15, -0.1) is 0 Å². The van der Waals surface area contributed by atoms with E-state index < -0.39 is 0 Å². The highest BCUT2D eigenvalue weighted by Gasteiger charge is 2.10. The number of rotatable bonds is 6. The molecule has 0 unspecified atom stereocenters. The summed E-state index contributed by atoms with van der Waals surface area (Å²) in [5.74, 6) is -0.0372. The van der Waals surface area contributed by atoms with E-state index in [1.807, 2.05) is 38.1 Å². The van der Waals surface area contributed by atoms with Crippen molar-refractivity contribution in [1.29, 1.82) is 0 Å². The number of aromatic nitrogens is 1. The first-order valence-corrected chi connectivity index (χ1v) is 6.74. The van der Waals surface area contributed by atoms with Crippen LogP contribution in [0.2, 0.25) is 0 Å². The second-order valence-corrected chi connectivity index (χ2v) is 4.57. The molecule has 0 atom stereocenters. The lowest BCUT2D eigenvalue weighted by Gasteiger charge is -2.12. The third-order valence-corrected chi connectivity index (χ3v) is 2.92. The minimum atomic E-state index is -0.340. The summed E-state index contributed by atoms with van der Waals surface area (Å²) >= 11 is 0. The van der Waals surface area contributed by atoms with Gasteiger partial charge in [-0.25, -0.2) is 4.39 Å². The van der Waals surface area contributed by atoms with Crippen molar-refractivity contribution in [1.82, 2.24) is 10.3 Å². The van der Waals surface area contributed by atoms with E-state index in [2.05, 4.69) is 10.3 Å². The van der Waals surface area contributed by atoms with Gasteiger partial charge >= 0.3 is 0 Å². The highest BCUT2D eigenvalue weighted by atomic mass is 19.1. The monoisotopic (exact) mass is 274 g/mol. The van der Waals surface area contributed by atoms with Crippen molar-refractivity contribution in [3.8, 4) is 5.75 Å². The molecule has 0 aliphatic rings. The molecule has 0 saturated heterocycles. The van der Waals surface area contributed by atoms with E-state index in [1.54, 1.807) is 6.07 Å². The number of halogens is 1. The summed E-state index contributed by atoms with van der Waals surface area (Å²) in [6.07, 6.45) is 0. The smallest absolute Gasteiger partial charge is 0.165 e. The van der Waals surface area contributed by atoms with Crippen LogP contribution in [-0.2, 0) is 13.2 Å². The summed E-state index contributed by atoms with van der Waals surface area (Å²) in [4.78, 5) is 4.35. The molecule has 1 heterocycles. The van der Waals surface area contributed by atoms with Crippen molar-refractivity contribution in [3.05, 3.63) is 59.2 Å². The van der Waals surface area contributed by atoms with Crippen LogP contribution in [0.4, 0.5) is 4.39 Å². The van der Waals surface area contributed by atoms with Gasteiger partial charge in [0.2, 0.25) is 0 Å². The Morgan fingerprint density at radius 1 is 1.20 bits per heavy atom. The van der Waals surface area contributed by atoms with Crippen LogP contribution in [0.1, 0.15) is 23.9 Å². The fourth-order valence-corrected chi connectivity index (χ4v) is 1.94. The van der Waals surface area contributed by atoms with Gasteiger partial charge in [0.15, 0.2) is 11.6 Å². The Morgan fingerprint density at radius 2 is 2.00 bits per heavy atom. The maximum absolute atomic E-state index is 13.9. The van der Waals surface area contributed by atoms with Gasteiger partial charge in [-0.05, 0) is 31.7 Å². The molecule has 0 aliphatic heterocycles. The molecule has 0 radical (unpaired) electrons. The van der Waals surface area contributed by atoms with Crippen molar-refractivity contribution in [2.24, 2.45) is 0 Å². The Morgan fingerprint density at radius 3 is 2.75 bits per heavy atom. The Kier molecular flexibility index (Phi) is 5.07. The summed E-state index contributed by atoms with van der Waals surface area (Å²) in [5.41, 5.74) is 2.54. The predicted octanol–water partition coefficient (Wildman–Crippen LogP) is 3.22. The first-order chi connectivity index (χ1) is 9.70. The molecule has 1 aromatic heterocycles. The number of pyridine rings is 1. The zero-order valence-electron chi connectivity index (χ0n) is 11.8. The summed E-state index contributed by atoms with van der Waals surface area (Å²) in [6.45, 7) is 5.61. The highest BCUT2D eigenvalue weighted by molar-refractivity contribution is 5.35. The molecular weight excluding hydrogens is 255 g/mol. The molecule has 2 rings (SSSR count). The van der Waals surface area contributed by atoms with Crippen LogP contribution in [0, 0.1) is 12.7 Å². The molecule has 0 aliphatic carbocycles. The van der Waals surface area contributed by atoms with Crippen LogP contribution < -0.4 is 10.1 Å². The molecule has 0 spiro atoms. The average Bonchev–Trinajstić information content (AvgIpc) is 2.44. The maximum atomic E-state index is 13.9. The molecule has 3 nitrogen and oxygen atoms in total. The quantitative estimate of drug-likeness (QED) is 0.878. The van der Waals surface area contributed by atoms with Gasteiger partial charge < -0.3 is 10.1 Å². The van der Waals surface area contributed by atoms with E-state index in [0.717, 1.165) is 23.5 Å². The molecule has 1 aromatic carbocycles. The first kappa shape index (κ1) is 14.5. The number of hydrogen-bond donors (Lipinski definition) is 1. The second-order valence-electron chi connectivity index (χ2n) is 4.57. The predicted molar refractivity (Wildman–Crippen MR) is 77.1 cm³/mol. The van der Waals surface area contributed by atoms with E-state index >= 15 is 0 Å². The number of benzene rings is 1. The molecule has 106 valence electrons. The average molecular weight is 274 g/mol. The number of nitrogens with zero attached hydrogens (tertiary/aromatic N) is 1. The third-order valence-electron chi connectivity index (χ3n) is 2.92. The van der Waals surface area contributed by atoms with Gasteiger partial charge in [-0.3, -0.25) is 4.98 Å². The number of nitrogens with one attached hydrogen (secondary N) is 1. The van der Waals surface area contributed by atoms with Gasteiger partial charge in [0.1, 0.15) is 6.61 Å². The number of para-hydroxylation sites is 1. The van der Waals surface area contributed by atoms with Gasteiger partial charge in [0.05, 0.1) is 5.69 Å². The summed E-state index contributed by atoms with van der Waals surface area (Å²) < 4.78 is 19.5. The number of aryl methyl sites for hydroxylation is 1. The van der Waals surface area contributed by atoms with Gasteiger partial charge in [-0.2, -0.15) is 0 Å². The second kappa shape index (κ2) is 7.01. The molecule has 1 N–H and O–H groups in total. The molecular formula is C16H19FN2O. The molecule has 0 bridgehead atoms. The number of hydrogen-bond acceptors (Lipinski definition) is 3. The van der Waals surface area contributed by atoms with E-state index in [9.17, 15) is 4.39 Å². The van der Waals surface area contributed by atoms with Crippen molar-refractivity contribution < 1.29 is 9.13 Å². The zero-order chi connectivity index (χ0) is 14.4. The Labute approximate surface area is 118 Å². The molecule has 4 heteroatoms. The lowest BCUT2D eigenvalue weighted by atomic mass is 10.2. The Hall–Kier alpha value is -1.94. The minimum absolute atomic E-state index is 0.266. The van der Waals surface area contributed by atoms with Gasteiger partial charge in [-0.1, -0.05) is 25.1 Å². The maximum Gasteiger partial charge on any atom is 0.165 e. The lowest BCUT2D eigenvalue weighted by molar-refractivity contribution is 0.281. The Balaban J connectivity index is 2.11. The largest absolute Gasteiger partial charge is 0.484 e. The fourth-order valence-electron chi connectivity index (χ4n) is 1.94. The van der Waals surface area contributed by atoms with E-state index in [0.29, 0.717) is 12.3 Å². The highest BCUT2D eigenvalue weighted by Crippen LogP contribution is 2.23. The zero-order valence-corrected chi connectivity index (χ0v) is 11.8. The van der Waals surface area contributed by atoms with Crippen LogP contribution in [0.5, 0.6) is 5.75 Å². The first-order valence-electron chi connectivity index (χ1n) is 6.74. The standard InChI is InChI=1S/C16H19FN2O/c1-3-18-10-13-7-5-9-15(17)16(13)20-11-14-8-4-6-12(2)19-14/h4-9,18H,3,10-11H2,1-2H3. The van der Waals surface area contributed by atoms with Crippen LogP contribution in [0.15, 0.2) is 36.4 Å². The molecule has 0 amide bonds. The summed E-state index contributed by atoms with van der Waals surface area (Å²) in [7, 11) is 0. The molecule has 0 fully saturated rings. The lowest BCUT2D eigenvalue weighted by Crippen LogP contribution is -2.13. The SMILES string of the molecule is CCNCc1cccc(F)c1OCc1cccc(C)n1. The number of ether oxygens (including phenoxy) is 1. The van der Waals surface area contributed by atoms with Gasteiger partial charge in [0.25, 0.3) is 0 Å². The van der Waals surface area contributed by atoms with Crippen molar-refractivity contribution in [2.45, 2.75) is 27.0 Å². The van der Waals surface area contributed by atoms with Crippen LogP contribution in [0.3, 0.4) is 0 Å².